The molecule has 0 bridgehead atoms. The van der Waals surface area contributed by atoms with Gasteiger partial charge in [-0.2, -0.15) is 13.2 Å². The van der Waals surface area contributed by atoms with E-state index in [4.69, 9.17) is 5.73 Å². The molecule has 0 radical (unpaired) electrons. The lowest BCUT2D eigenvalue weighted by Gasteiger charge is -2.24. The van der Waals surface area contributed by atoms with Gasteiger partial charge < -0.3 is 21.7 Å². The Bertz CT molecular complexity index is 1390. The molecule has 0 heterocycles. The molecule has 11 heteroatoms. The molecule has 0 aliphatic heterocycles. The summed E-state index contributed by atoms with van der Waals surface area (Å²) < 4.78 is 39.5. The maximum Gasteiger partial charge on any atom is 0.416 e. The third kappa shape index (κ3) is 8.92. The normalized spacial score (nSPS) is 12.7. The molecule has 3 rings (SSSR count). The summed E-state index contributed by atoms with van der Waals surface area (Å²) in [6, 6.07) is 17.1. The highest BCUT2D eigenvalue weighted by Crippen LogP contribution is 2.32. The van der Waals surface area contributed by atoms with E-state index in [1.165, 1.54) is 24.3 Å². The Morgan fingerprint density at radius 3 is 2.12 bits per heavy atom. The van der Waals surface area contributed by atoms with Crippen LogP contribution >= 0.6 is 0 Å². The molecule has 5 N–H and O–H groups in total. The van der Waals surface area contributed by atoms with E-state index < -0.39 is 47.3 Å². The van der Waals surface area contributed by atoms with Crippen molar-refractivity contribution in [3.63, 3.8) is 0 Å². The summed E-state index contributed by atoms with van der Waals surface area (Å²) in [4.78, 5) is 50.9. The lowest BCUT2D eigenvalue weighted by molar-refractivity contribution is -0.138. The summed E-state index contributed by atoms with van der Waals surface area (Å²) in [7, 11) is 0. The number of anilines is 2. The Hall–Kier alpha value is -4.67. The van der Waals surface area contributed by atoms with Crippen LogP contribution in [0, 0.1) is 5.92 Å². The highest BCUT2D eigenvalue weighted by molar-refractivity contribution is 6.38. The summed E-state index contributed by atoms with van der Waals surface area (Å²) in [5.74, 6) is -3.59. The van der Waals surface area contributed by atoms with Crippen molar-refractivity contribution >= 4 is 34.9 Å². The molecule has 0 spiro atoms. The van der Waals surface area contributed by atoms with Gasteiger partial charge in [-0.25, -0.2) is 0 Å². The molecule has 3 aromatic carbocycles. The summed E-state index contributed by atoms with van der Waals surface area (Å²) in [6.45, 7) is 3.68. The van der Waals surface area contributed by atoms with Gasteiger partial charge in [0.15, 0.2) is 0 Å². The van der Waals surface area contributed by atoms with Crippen LogP contribution in [0.1, 0.15) is 41.8 Å². The lowest BCUT2D eigenvalue weighted by atomic mass is 9.99. The molecule has 0 aliphatic carbocycles. The molecule has 0 unspecified atom stereocenters. The first-order valence-electron chi connectivity index (χ1n) is 12.9. The van der Waals surface area contributed by atoms with Crippen LogP contribution in [0.4, 0.5) is 24.5 Å². The van der Waals surface area contributed by atoms with Gasteiger partial charge in [-0.1, -0.05) is 62.4 Å². The minimum atomic E-state index is -4.54. The highest BCUT2D eigenvalue weighted by atomic mass is 19.4. The fourth-order valence-corrected chi connectivity index (χ4v) is 4.16. The average Bonchev–Trinajstić information content (AvgIpc) is 2.92. The van der Waals surface area contributed by atoms with E-state index in [1.807, 2.05) is 13.8 Å². The summed E-state index contributed by atoms with van der Waals surface area (Å²) in [6.07, 6.45) is -4.33. The number of para-hydroxylation sites is 1. The first-order valence-corrected chi connectivity index (χ1v) is 12.9. The topological polar surface area (TPSA) is 130 Å². The number of carbonyl (C=O) groups excluding carboxylic acids is 4. The summed E-state index contributed by atoms with van der Waals surface area (Å²) >= 11 is 0. The van der Waals surface area contributed by atoms with Crippen molar-refractivity contribution in [2.75, 3.05) is 5.32 Å². The van der Waals surface area contributed by atoms with Crippen molar-refractivity contribution in [1.29, 1.82) is 0 Å². The van der Waals surface area contributed by atoms with Crippen LogP contribution in [-0.4, -0.2) is 35.6 Å². The highest BCUT2D eigenvalue weighted by Gasteiger charge is 2.31. The molecule has 41 heavy (non-hydrogen) atoms. The van der Waals surface area contributed by atoms with Crippen molar-refractivity contribution in [2.45, 2.75) is 44.9 Å². The molecule has 0 aliphatic rings. The smallest absolute Gasteiger partial charge is 0.363 e. The number of rotatable bonds is 12. The van der Waals surface area contributed by atoms with Crippen LogP contribution < -0.4 is 21.7 Å². The maximum absolute atomic E-state index is 13.3. The molecule has 8 nitrogen and oxygen atoms in total. The zero-order chi connectivity index (χ0) is 30.2. The Morgan fingerprint density at radius 1 is 0.829 bits per heavy atom. The number of Topliss-reactive ketones (excluding diaryl/α,β-unsaturated/α-hetero) is 1. The molecule has 3 amide bonds. The number of ketones is 1. The first-order chi connectivity index (χ1) is 19.3. The third-order valence-electron chi connectivity index (χ3n) is 6.13. The Morgan fingerprint density at radius 2 is 1.49 bits per heavy atom. The number of primary amides is 1. The monoisotopic (exact) mass is 568 g/mol. The summed E-state index contributed by atoms with van der Waals surface area (Å²) in [5, 5.41) is 8.06. The largest absolute Gasteiger partial charge is 0.416 e. The Kier molecular flexibility index (Phi) is 10.2. The number of nitrogens with two attached hydrogens (primary N) is 1. The van der Waals surface area contributed by atoms with Gasteiger partial charge >= 0.3 is 6.18 Å². The number of halogens is 3. The van der Waals surface area contributed by atoms with Crippen LogP contribution in [0.15, 0.2) is 78.9 Å². The molecule has 3 aromatic rings. The number of benzene rings is 3. The standard InChI is InChI=1S/C30H31F3N4O4/c1-18(2)15-25(29(41)36-24(26(38)27(34)39)16-19-9-4-3-5-10-19)37-28(40)22-13-6-7-14-23(22)35-21-12-8-11-20(17-21)30(31,32)33/h3-14,17-18,24-25,35H,15-16H2,1-2H3,(H2,34,39)(H,36,41)(H,37,40)/t24-,25-/m0/s1. The molecule has 2 atom stereocenters. The predicted molar refractivity (Wildman–Crippen MR) is 148 cm³/mol. The van der Waals surface area contributed by atoms with E-state index >= 15 is 0 Å². The van der Waals surface area contributed by atoms with Crippen LogP contribution in [0.3, 0.4) is 0 Å². The van der Waals surface area contributed by atoms with Crippen LogP contribution in [0.5, 0.6) is 0 Å². The first kappa shape index (κ1) is 30.9. The van der Waals surface area contributed by atoms with Gasteiger partial charge in [-0.15, -0.1) is 0 Å². The van der Waals surface area contributed by atoms with Gasteiger partial charge in [-0.05, 0) is 48.2 Å². The van der Waals surface area contributed by atoms with Crippen LogP contribution in [-0.2, 0) is 27.0 Å². The van der Waals surface area contributed by atoms with E-state index in [9.17, 15) is 32.3 Å². The number of hydrogen-bond donors (Lipinski definition) is 4. The zero-order valence-corrected chi connectivity index (χ0v) is 22.5. The fourth-order valence-electron chi connectivity index (χ4n) is 4.16. The van der Waals surface area contributed by atoms with Gasteiger partial charge in [0.2, 0.25) is 11.7 Å². The van der Waals surface area contributed by atoms with Crippen molar-refractivity contribution in [3.8, 4) is 0 Å². The second kappa shape index (κ2) is 13.6. The van der Waals surface area contributed by atoms with Crippen molar-refractivity contribution in [3.05, 3.63) is 95.6 Å². The van der Waals surface area contributed by atoms with Gasteiger partial charge in [0, 0.05) is 12.1 Å². The van der Waals surface area contributed by atoms with Crippen LogP contribution in [0.2, 0.25) is 0 Å². The number of hydrogen-bond acceptors (Lipinski definition) is 5. The lowest BCUT2D eigenvalue weighted by Crippen LogP contribution is -2.54. The molecular formula is C30H31F3N4O4. The van der Waals surface area contributed by atoms with Crippen LogP contribution in [0.25, 0.3) is 0 Å². The summed E-state index contributed by atoms with van der Waals surface area (Å²) in [5.41, 5.74) is 5.47. The third-order valence-corrected chi connectivity index (χ3v) is 6.13. The van der Waals surface area contributed by atoms with Gasteiger partial charge in [0.25, 0.3) is 11.8 Å². The fraction of sp³-hybridized carbons (Fsp3) is 0.267. The molecule has 0 fully saturated rings. The Balaban J connectivity index is 1.82. The van der Waals surface area contributed by atoms with Gasteiger partial charge in [-0.3, -0.25) is 19.2 Å². The number of alkyl halides is 3. The van der Waals surface area contributed by atoms with E-state index in [-0.39, 0.29) is 35.7 Å². The molecule has 0 saturated heterocycles. The van der Waals surface area contributed by atoms with E-state index in [1.54, 1.807) is 42.5 Å². The number of carbonyl (C=O) groups is 4. The van der Waals surface area contributed by atoms with E-state index in [0.717, 1.165) is 12.1 Å². The number of nitrogens with one attached hydrogen (secondary N) is 3. The minimum Gasteiger partial charge on any atom is -0.363 e. The molecule has 0 aromatic heterocycles. The zero-order valence-electron chi connectivity index (χ0n) is 22.5. The van der Waals surface area contributed by atoms with Crippen molar-refractivity contribution in [1.82, 2.24) is 10.6 Å². The van der Waals surface area contributed by atoms with E-state index in [2.05, 4.69) is 16.0 Å². The van der Waals surface area contributed by atoms with Crippen molar-refractivity contribution < 1.29 is 32.3 Å². The number of amides is 3. The maximum atomic E-state index is 13.3. The SMILES string of the molecule is CC(C)C[C@H](NC(=O)c1ccccc1Nc1cccc(C(F)(F)F)c1)C(=O)N[C@@H](Cc1ccccc1)C(=O)C(N)=O. The second-order valence-corrected chi connectivity index (χ2v) is 9.88. The Labute approximate surface area is 235 Å². The molecular weight excluding hydrogens is 537 g/mol. The van der Waals surface area contributed by atoms with Gasteiger partial charge in [0.05, 0.1) is 16.8 Å². The quantitative estimate of drug-likeness (QED) is 0.241. The predicted octanol–water partition coefficient (Wildman–Crippen LogP) is 4.38. The average molecular weight is 569 g/mol. The van der Waals surface area contributed by atoms with E-state index in [0.29, 0.717) is 5.56 Å². The van der Waals surface area contributed by atoms with Crippen molar-refractivity contribution in [2.24, 2.45) is 11.7 Å². The second-order valence-electron chi connectivity index (χ2n) is 9.88. The molecule has 0 saturated carbocycles. The minimum absolute atomic E-state index is 0.0143. The molecule has 216 valence electrons. The van der Waals surface area contributed by atoms with Gasteiger partial charge in [0.1, 0.15) is 12.1 Å².